The molecule has 2 atom stereocenters. The van der Waals surface area contributed by atoms with Crippen molar-refractivity contribution in [3.05, 3.63) is 11.6 Å². The average Bonchev–Trinajstić information content (AvgIpc) is 2.92. The summed E-state index contributed by atoms with van der Waals surface area (Å²) in [6, 6.07) is 0.906. The van der Waals surface area contributed by atoms with Gasteiger partial charge in [0.25, 0.3) is 0 Å². The smallest absolute Gasteiger partial charge is 0.374 e. The Morgan fingerprint density at radius 1 is 1.06 bits per heavy atom. The van der Waals surface area contributed by atoms with Gasteiger partial charge in [0.2, 0.25) is 0 Å². The predicted molar refractivity (Wildman–Crippen MR) is 74.4 cm³/mol. The molecule has 2 rings (SSSR count). The summed E-state index contributed by atoms with van der Waals surface area (Å²) in [5.41, 5.74) is 1.55. The Hall–Kier alpha value is -0.163. The van der Waals surface area contributed by atoms with Gasteiger partial charge in [-0.3, -0.25) is 0 Å². The van der Waals surface area contributed by atoms with E-state index in [1.165, 1.54) is 19.3 Å². The maximum atomic E-state index is 5.93. The summed E-state index contributed by atoms with van der Waals surface area (Å²) in [4.78, 5) is 0. The highest BCUT2D eigenvalue weighted by molar-refractivity contribution is 6.61. The molecule has 3 nitrogen and oxygen atoms in total. The van der Waals surface area contributed by atoms with Crippen LogP contribution < -0.4 is 0 Å². The lowest BCUT2D eigenvalue weighted by atomic mass is 10.0. The van der Waals surface area contributed by atoms with Crippen LogP contribution in [0.5, 0.6) is 0 Å². The van der Waals surface area contributed by atoms with E-state index in [9.17, 15) is 0 Å². The van der Waals surface area contributed by atoms with Gasteiger partial charge in [0.1, 0.15) is 0 Å². The second-order valence-corrected chi connectivity index (χ2v) is 7.76. The molecular weight excluding hydrogens is 244 g/mol. The zero-order chi connectivity index (χ0) is 13.0. The van der Waals surface area contributed by atoms with Gasteiger partial charge in [0.15, 0.2) is 0 Å². The molecule has 1 fully saturated rings. The monoisotopic (exact) mass is 270 g/mol. The van der Waals surface area contributed by atoms with Gasteiger partial charge in [-0.25, -0.2) is 0 Å². The number of hydrogen-bond acceptors (Lipinski definition) is 3. The maximum Gasteiger partial charge on any atom is 0.505 e. The molecule has 0 radical (unpaired) electrons. The van der Waals surface area contributed by atoms with Gasteiger partial charge in [-0.1, -0.05) is 11.6 Å². The third kappa shape index (κ3) is 3.04. The summed E-state index contributed by atoms with van der Waals surface area (Å²) in [5.74, 6) is 1.60. The highest BCUT2D eigenvalue weighted by atomic mass is 28.4. The Morgan fingerprint density at radius 3 is 2.06 bits per heavy atom. The zero-order valence-corrected chi connectivity index (χ0v) is 12.9. The van der Waals surface area contributed by atoms with Crippen molar-refractivity contribution < 1.29 is 13.3 Å². The maximum absolute atomic E-state index is 5.93. The van der Waals surface area contributed by atoms with Crippen LogP contribution in [-0.2, 0) is 13.3 Å². The molecule has 0 saturated heterocycles. The highest BCUT2D eigenvalue weighted by Crippen LogP contribution is 2.46. The van der Waals surface area contributed by atoms with Crippen LogP contribution in [0.3, 0.4) is 0 Å². The van der Waals surface area contributed by atoms with Gasteiger partial charge in [-0.05, 0) is 51.9 Å². The fourth-order valence-corrected chi connectivity index (χ4v) is 6.12. The fraction of sp³-hybridized carbons (Fsp3) is 0.857. The Balaban J connectivity index is 2.05. The Morgan fingerprint density at radius 2 is 1.67 bits per heavy atom. The summed E-state index contributed by atoms with van der Waals surface area (Å²) in [6.07, 6.45) is 6.54. The molecular formula is C14H26O3Si. The Labute approximate surface area is 112 Å². The van der Waals surface area contributed by atoms with Crippen molar-refractivity contribution in [3.8, 4) is 0 Å². The van der Waals surface area contributed by atoms with E-state index < -0.39 is 8.80 Å². The van der Waals surface area contributed by atoms with Crippen molar-refractivity contribution in [2.24, 2.45) is 11.8 Å². The van der Waals surface area contributed by atoms with Crippen LogP contribution in [0.15, 0.2) is 11.6 Å². The molecule has 0 aliphatic heterocycles. The minimum absolute atomic E-state index is 0.674. The molecule has 0 aromatic heterocycles. The van der Waals surface area contributed by atoms with Gasteiger partial charge >= 0.3 is 8.80 Å². The van der Waals surface area contributed by atoms with Crippen molar-refractivity contribution in [3.63, 3.8) is 0 Å². The number of hydrogen-bond donors (Lipinski definition) is 0. The third-order valence-corrected chi connectivity index (χ3v) is 6.99. The normalized spacial score (nSPS) is 26.7. The molecule has 2 unspecified atom stereocenters. The Bertz CT molecular complexity index is 286. The largest absolute Gasteiger partial charge is 0.505 e. The van der Waals surface area contributed by atoms with Crippen LogP contribution in [0.25, 0.3) is 0 Å². The first-order valence-electron chi connectivity index (χ1n) is 7.35. The van der Waals surface area contributed by atoms with Gasteiger partial charge in [-0.15, -0.1) is 0 Å². The number of rotatable bonds is 8. The minimum Gasteiger partial charge on any atom is -0.374 e. The van der Waals surface area contributed by atoms with Gasteiger partial charge in [0.05, 0.1) is 0 Å². The van der Waals surface area contributed by atoms with Crippen LogP contribution >= 0.6 is 0 Å². The standard InChI is InChI=1S/C14H26O3Si/c1-4-15-18(16-5-2,17-6-3)11-14-10-12-7-8-13(14)9-12/h10,12-13H,4-9,11H2,1-3H3. The van der Waals surface area contributed by atoms with Crippen molar-refractivity contribution in [1.82, 2.24) is 0 Å². The van der Waals surface area contributed by atoms with E-state index in [0.717, 1.165) is 17.9 Å². The van der Waals surface area contributed by atoms with Crippen molar-refractivity contribution in [1.29, 1.82) is 0 Å². The lowest BCUT2D eigenvalue weighted by Gasteiger charge is -2.30. The molecule has 0 aromatic rings. The molecule has 0 amide bonds. The van der Waals surface area contributed by atoms with Crippen LogP contribution in [0.4, 0.5) is 0 Å². The summed E-state index contributed by atoms with van der Waals surface area (Å²) in [7, 11) is -2.47. The van der Waals surface area contributed by atoms with E-state index in [4.69, 9.17) is 13.3 Å². The van der Waals surface area contributed by atoms with E-state index in [-0.39, 0.29) is 0 Å². The molecule has 18 heavy (non-hydrogen) atoms. The first-order valence-corrected chi connectivity index (χ1v) is 9.28. The van der Waals surface area contributed by atoms with E-state index in [1.54, 1.807) is 5.57 Å². The minimum atomic E-state index is -2.47. The first-order chi connectivity index (χ1) is 8.73. The van der Waals surface area contributed by atoms with Crippen LogP contribution in [-0.4, -0.2) is 28.6 Å². The second-order valence-electron chi connectivity index (χ2n) is 5.17. The average molecular weight is 270 g/mol. The van der Waals surface area contributed by atoms with Crippen LogP contribution in [0.1, 0.15) is 40.0 Å². The third-order valence-electron chi connectivity index (χ3n) is 3.96. The van der Waals surface area contributed by atoms with Crippen molar-refractivity contribution in [2.45, 2.75) is 46.1 Å². The summed E-state index contributed by atoms with van der Waals surface area (Å²) in [5, 5.41) is 0. The summed E-state index contributed by atoms with van der Waals surface area (Å²) >= 11 is 0. The van der Waals surface area contributed by atoms with Crippen molar-refractivity contribution in [2.75, 3.05) is 19.8 Å². The quantitative estimate of drug-likeness (QED) is 0.500. The highest BCUT2D eigenvalue weighted by Gasteiger charge is 2.45. The molecule has 1 saturated carbocycles. The summed E-state index contributed by atoms with van der Waals surface area (Å²) < 4.78 is 17.8. The lowest BCUT2D eigenvalue weighted by Crippen LogP contribution is -2.46. The zero-order valence-electron chi connectivity index (χ0n) is 11.9. The van der Waals surface area contributed by atoms with Gasteiger partial charge in [-0.2, -0.15) is 0 Å². The van der Waals surface area contributed by atoms with Crippen molar-refractivity contribution >= 4 is 8.80 Å². The van der Waals surface area contributed by atoms with E-state index in [2.05, 4.69) is 6.08 Å². The lowest BCUT2D eigenvalue weighted by molar-refractivity contribution is 0.0730. The second kappa shape index (κ2) is 6.33. The van der Waals surface area contributed by atoms with Gasteiger partial charge in [0, 0.05) is 25.9 Å². The SMILES string of the molecule is CCO[Si](CC1=CC2CCC1C2)(OCC)OCC. The fourth-order valence-electron chi connectivity index (χ4n) is 3.33. The molecule has 2 aliphatic carbocycles. The van der Waals surface area contributed by atoms with Gasteiger partial charge < -0.3 is 13.3 Å². The number of allylic oxidation sites excluding steroid dienone is 2. The molecule has 0 N–H and O–H groups in total. The Kier molecular flexibility index (Phi) is 5.01. The molecule has 2 bridgehead atoms. The molecule has 0 heterocycles. The van der Waals surface area contributed by atoms with E-state index in [1.807, 2.05) is 20.8 Å². The first kappa shape index (κ1) is 14.3. The van der Waals surface area contributed by atoms with E-state index in [0.29, 0.717) is 19.8 Å². The molecule has 4 heteroatoms. The number of fused-ring (bicyclic) bond motifs is 2. The molecule has 0 aromatic carbocycles. The topological polar surface area (TPSA) is 27.7 Å². The van der Waals surface area contributed by atoms with Crippen LogP contribution in [0.2, 0.25) is 6.04 Å². The molecule has 104 valence electrons. The predicted octanol–water partition coefficient (Wildman–Crippen LogP) is 3.39. The molecule has 0 spiro atoms. The molecule has 2 aliphatic rings. The van der Waals surface area contributed by atoms with E-state index >= 15 is 0 Å². The summed E-state index contributed by atoms with van der Waals surface area (Å²) in [6.45, 7) is 8.09. The van der Waals surface area contributed by atoms with Crippen LogP contribution in [0, 0.1) is 11.8 Å².